The highest BCUT2D eigenvalue weighted by Crippen LogP contribution is 2.30. The minimum absolute atomic E-state index is 0.174. The van der Waals surface area contributed by atoms with Crippen molar-refractivity contribution in [3.63, 3.8) is 0 Å². The summed E-state index contributed by atoms with van der Waals surface area (Å²) in [5.41, 5.74) is 6.83. The Balaban J connectivity index is 1.70. The molecule has 0 aromatic carbocycles. The Labute approximate surface area is 161 Å². The molecule has 0 bridgehead atoms. The fraction of sp³-hybridized carbons (Fsp3) is 0.238. The number of carbonyl (C=O) groups is 1. The summed E-state index contributed by atoms with van der Waals surface area (Å²) in [5.74, 6) is 0.907. The average molecular weight is 379 g/mol. The molecular formula is C21H21N3O2S. The Kier molecular flexibility index (Phi) is 4.36. The van der Waals surface area contributed by atoms with E-state index in [1.807, 2.05) is 38.1 Å². The number of Topliss-reactive ketones (excluding diaryl/α,β-unsaturated/α-hetero) is 1. The van der Waals surface area contributed by atoms with Crippen LogP contribution in [0.5, 0.6) is 0 Å². The smallest absolute Gasteiger partial charge is 0.172 e. The van der Waals surface area contributed by atoms with Crippen molar-refractivity contribution in [1.29, 1.82) is 0 Å². The third-order valence-corrected chi connectivity index (χ3v) is 5.75. The Morgan fingerprint density at radius 2 is 2.07 bits per heavy atom. The summed E-state index contributed by atoms with van der Waals surface area (Å²) in [7, 11) is 1.65. The Hall–Kier alpha value is -2.86. The number of aromatic amines is 2. The number of aryl methyl sites for hydroxylation is 2. The van der Waals surface area contributed by atoms with Crippen molar-refractivity contribution >= 4 is 39.1 Å². The van der Waals surface area contributed by atoms with Crippen molar-refractivity contribution in [3.05, 3.63) is 63.3 Å². The molecule has 3 aromatic rings. The van der Waals surface area contributed by atoms with Crippen LogP contribution in [0.3, 0.4) is 0 Å². The van der Waals surface area contributed by atoms with Crippen molar-refractivity contribution in [3.8, 4) is 0 Å². The number of nitrogens with one attached hydrogen (secondary N) is 2. The highest BCUT2D eigenvalue weighted by atomic mass is 32.1. The van der Waals surface area contributed by atoms with Gasteiger partial charge in [-0.1, -0.05) is 6.92 Å². The molecular weight excluding hydrogens is 358 g/mol. The first-order chi connectivity index (χ1) is 13.0. The molecule has 27 heavy (non-hydrogen) atoms. The van der Waals surface area contributed by atoms with E-state index in [2.05, 4.69) is 23.0 Å². The number of aromatic nitrogens is 2. The molecule has 0 atom stereocenters. The van der Waals surface area contributed by atoms with E-state index in [0.717, 1.165) is 49.3 Å². The number of methoxy groups -OCH3 is 1. The first-order valence-corrected chi connectivity index (χ1v) is 9.69. The molecule has 4 heterocycles. The quantitative estimate of drug-likeness (QED) is 0.603. The van der Waals surface area contributed by atoms with Crippen LogP contribution in [0.15, 0.2) is 40.7 Å². The fourth-order valence-corrected chi connectivity index (χ4v) is 4.30. The molecule has 0 spiro atoms. The van der Waals surface area contributed by atoms with Gasteiger partial charge in [0.15, 0.2) is 5.78 Å². The number of hydrogen-bond acceptors (Lipinski definition) is 4. The number of hydrogen-bond donors (Lipinski definition) is 2. The summed E-state index contributed by atoms with van der Waals surface area (Å²) in [4.78, 5) is 24.2. The molecule has 0 fully saturated rings. The number of aliphatic imine (C=N–C) groups is 1. The number of nitrogens with zero attached hydrogens (tertiary/aromatic N) is 1. The third kappa shape index (κ3) is 3.17. The lowest BCUT2D eigenvalue weighted by molar-refractivity contribution is 0.0992. The molecule has 6 heteroatoms. The second-order valence-electron chi connectivity index (χ2n) is 6.64. The largest absolute Gasteiger partial charge is 0.494 e. The highest BCUT2D eigenvalue weighted by molar-refractivity contribution is 7.20. The molecule has 5 nitrogen and oxygen atoms in total. The lowest BCUT2D eigenvalue weighted by atomic mass is 10.2. The van der Waals surface area contributed by atoms with E-state index >= 15 is 0 Å². The number of H-pyrrole nitrogens is 2. The van der Waals surface area contributed by atoms with E-state index in [4.69, 9.17) is 9.73 Å². The van der Waals surface area contributed by atoms with E-state index in [1.54, 1.807) is 7.11 Å². The Morgan fingerprint density at radius 3 is 2.70 bits per heavy atom. The monoisotopic (exact) mass is 379 g/mol. The molecule has 0 saturated heterocycles. The van der Waals surface area contributed by atoms with Gasteiger partial charge in [-0.05, 0) is 43.7 Å². The summed E-state index contributed by atoms with van der Waals surface area (Å²) >= 11 is 1.52. The first kappa shape index (κ1) is 17.5. The maximum absolute atomic E-state index is 11.9. The standard InChI is InChI=1S/C21H21N3O2S/c1-5-18(25)21-10-17-20(27-21)9-15(24-17)14-8-19(26-4)16(23-14)7-13-11(2)6-12(3)22-13/h6-10,22,24H,5H2,1-4H3. The number of thiophene rings is 1. The number of ketones is 1. The van der Waals surface area contributed by atoms with Crippen LogP contribution in [0.2, 0.25) is 0 Å². The zero-order valence-corrected chi connectivity index (χ0v) is 16.6. The molecule has 1 aliphatic heterocycles. The minimum Gasteiger partial charge on any atom is -0.494 e. The predicted octanol–water partition coefficient (Wildman–Crippen LogP) is 5.14. The van der Waals surface area contributed by atoms with E-state index in [1.165, 1.54) is 16.9 Å². The fourth-order valence-electron chi connectivity index (χ4n) is 3.23. The van der Waals surface area contributed by atoms with Crippen LogP contribution in [-0.4, -0.2) is 28.6 Å². The van der Waals surface area contributed by atoms with Crippen LogP contribution in [0.1, 0.15) is 45.7 Å². The van der Waals surface area contributed by atoms with Crippen molar-refractivity contribution in [2.45, 2.75) is 27.2 Å². The second kappa shape index (κ2) is 6.70. The van der Waals surface area contributed by atoms with E-state index in [-0.39, 0.29) is 5.78 Å². The highest BCUT2D eigenvalue weighted by Gasteiger charge is 2.19. The van der Waals surface area contributed by atoms with Gasteiger partial charge in [0.1, 0.15) is 11.5 Å². The van der Waals surface area contributed by atoms with E-state index < -0.39 is 0 Å². The zero-order valence-electron chi connectivity index (χ0n) is 15.8. The molecule has 0 aliphatic carbocycles. The molecule has 0 unspecified atom stereocenters. The summed E-state index contributed by atoms with van der Waals surface area (Å²) < 4.78 is 6.58. The number of allylic oxidation sites excluding steroid dienone is 1. The lowest BCUT2D eigenvalue weighted by Gasteiger charge is -2.01. The maximum Gasteiger partial charge on any atom is 0.172 e. The number of carbonyl (C=O) groups excluding carboxylic acids is 1. The topological polar surface area (TPSA) is 70.2 Å². The average Bonchev–Trinajstić information content (AvgIpc) is 3.37. The van der Waals surface area contributed by atoms with Gasteiger partial charge in [0, 0.05) is 23.9 Å². The number of ether oxygens (including phenoxy) is 1. The molecule has 138 valence electrons. The van der Waals surface area contributed by atoms with Crippen molar-refractivity contribution in [1.82, 2.24) is 9.97 Å². The van der Waals surface area contributed by atoms with Gasteiger partial charge >= 0.3 is 0 Å². The molecule has 1 aliphatic rings. The van der Waals surface area contributed by atoms with Crippen LogP contribution in [0.4, 0.5) is 0 Å². The molecule has 4 rings (SSSR count). The SMILES string of the molecule is CCC(=O)c1cc2[nH]c(C3=NC(=Cc4[nH]c(C)cc4C)C(OC)=C3)cc2s1. The van der Waals surface area contributed by atoms with E-state index in [0.29, 0.717) is 6.42 Å². The second-order valence-corrected chi connectivity index (χ2v) is 7.72. The van der Waals surface area contributed by atoms with E-state index in [9.17, 15) is 4.79 Å². The van der Waals surface area contributed by atoms with Gasteiger partial charge in [0.25, 0.3) is 0 Å². The van der Waals surface area contributed by atoms with Crippen LogP contribution in [0.25, 0.3) is 16.3 Å². The number of rotatable bonds is 5. The van der Waals surface area contributed by atoms with Gasteiger partial charge in [-0.3, -0.25) is 4.79 Å². The van der Waals surface area contributed by atoms with Crippen molar-refractivity contribution in [2.24, 2.45) is 4.99 Å². The predicted molar refractivity (Wildman–Crippen MR) is 111 cm³/mol. The van der Waals surface area contributed by atoms with Crippen molar-refractivity contribution in [2.75, 3.05) is 7.11 Å². The van der Waals surface area contributed by atoms with Crippen LogP contribution in [0, 0.1) is 13.8 Å². The number of fused-ring (bicyclic) bond motifs is 1. The summed E-state index contributed by atoms with van der Waals surface area (Å²) in [6.07, 6.45) is 4.47. The van der Waals surface area contributed by atoms with Crippen molar-refractivity contribution < 1.29 is 9.53 Å². The zero-order chi connectivity index (χ0) is 19.1. The molecule has 2 N–H and O–H groups in total. The van der Waals surface area contributed by atoms with Gasteiger partial charge < -0.3 is 14.7 Å². The lowest BCUT2D eigenvalue weighted by Crippen LogP contribution is -1.94. The van der Waals surface area contributed by atoms with Crippen LogP contribution >= 0.6 is 11.3 Å². The molecule has 0 amide bonds. The summed E-state index contributed by atoms with van der Waals surface area (Å²) in [5, 5.41) is 0. The van der Waals surface area contributed by atoms with Gasteiger partial charge in [-0.15, -0.1) is 11.3 Å². The van der Waals surface area contributed by atoms with Crippen LogP contribution in [-0.2, 0) is 4.74 Å². The normalized spacial score (nSPS) is 15.5. The first-order valence-electron chi connectivity index (χ1n) is 8.87. The summed E-state index contributed by atoms with van der Waals surface area (Å²) in [6.45, 7) is 5.99. The minimum atomic E-state index is 0.174. The van der Waals surface area contributed by atoms with Gasteiger partial charge in [-0.2, -0.15) is 0 Å². The van der Waals surface area contributed by atoms with Gasteiger partial charge in [0.2, 0.25) is 0 Å². The van der Waals surface area contributed by atoms with Crippen LogP contribution < -0.4 is 0 Å². The van der Waals surface area contributed by atoms with Gasteiger partial charge in [-0.25, -0.2) is 4.99 Å². The third-order valence-electron chi connectivity index (χ3n) is 4.63. The van der Waals surface area contributed by atoms with Gasteiger partial charge in [0.05, 0.1) is 33.6 Å². The Morgan fingerprint density at radius 1 is 1.26 bits per heavy atom. The summed E-state index contributed by atoms with van der Waals surface area (Å²) in [6, 6.07) is 6.08. The Bertz CT molecular complexity index is 1110. The molecule has 0 saturated carbocycles. The molecule has 0 radical (unpaired) electrons. The maximum atomic E-state index is 11.9. The molecule has 3 aromatic heterocycles.